The molecule has 0 spiro atoms. The van der Waals surface area contributed by atoms with E-state index in [0.717, 1.165) is 23.5 Å². The first-order valence-corrected chi connectivity index (χ1v) is 9.67. The molecule has 0 N–H and O–H groups in total. The lowest BCUT2D eigenvalue weighted by molar-refractivity contribution is 0.0726. The van der Waals surface area contributed by atoms with Crippen LogP contribution in [0.2, 0.25) is 0 Å². The van der Waals surface area contributed by atoms with Crippen molar-refractivity contribution in [2.45, 2.75) is 20.0 Å². The molecule has 1 heterocycles. The van der Waals surface area contributed by atoms with Crippen molar-refractivity contribution in [1.29, 1.82) is 0 Å². The maximum absolute atomic E-state index is 13.2. The van der Waals surface area contributed by atoms with Crippen LogP contribution in [0.4, 0.5) is 4.39 Å². The predicted octanol–water partition coefficient (Wildman–Crippen LogP) is 3.58. The number of aryl methyl sites for hydroxylation is 1. The first-order valence-electron chi connectivity index (χ1n) is 9.67. The van der Waals surface area contributed by atoms with Crippen molar-refractivity contribution in [2.24, 2.45) is 0 Å². The van der Waals surface area contributed by atoms with Crippen LogP contribution in [-0.2, 0) is 13.1 Å². The highest BCUT2D eigenvalue weighted by molar-refractivity contribution is 5.94. The number of halogens is 1. The van der Waals surface area contributed by atoms with Crippen molar-refractivity contribution in [1.82, 2.24) is 19.4 Å². The summed E-state index contributed by atoms with van der Waals surface area (Å²) in [6, 6.07) is 14.1. The summed E-state index contributed by atoms with van der Waals surface area (Å²) in [4.78, 5) is 21.5. The normalized spacial score (nSPS) is 11.1. The van der Waals surface area contributed by atoms with E-state index in [2.05, 4.69) is 9.88 Å². The minimum atomic E-state index is -0.252. The lowest BCUT2D eigenvalue weighted by Gasteiger charge is -2.25. The number of imidazole rings is 1. The Morgan fingerprint density at radius 1 is 1.03 bits per heavy atom. The second kappa shape index (κ2) is 9.47. The average molecular weight is 394 g/mol. The summed E-state index contributed by atoms with van der Waals surface area (Å²) in [7, 11) is 3.98. The number of benzene rings is 2. The molecule has 1 amide bonds. The topological polar surface area (TPSA) is 41.4 Å². The number of amides is 1. The molecule has 2 aromatic carbocycles. The summed E-state index contributed by atoms with van der Waals surface area (Å²) in [5.41, 5.74) is 2.78. The van der Waals surface area contributed by atoms with Crippen LogP contribution < -0.4 is 0 Å². The van der Waals surface area contributed by atoms with Crippen molar-refractivity contribution < 1.29 is 9.18 Å². The molecule has 29 heavy (non-hydrogen) atoms. The second-order valence-electron chi connectivity index (χ2n) is 7.49. The Hall–Kier alpha value is -2.99. The van der Waals surface area contributed by atoms with Crippen molar-refractivity contribution in [2.75, 3.05) is 27.2 Å². The van der Waals surface area contributed by atoms with E-state index in [4.69, 9.17) is 0 Å². The Morgan fingerprint density at radius 2 is 1.72 bits per heavy atom. The third kappa shape index (κ3) is 5.74. The molecule has 6 heteroatoms. The molecule has 0 aliphatic heterocycles. The summed E-state index contributed by atoms with van der Waals surface area (Å²) >= 11 is 0. The lowest BCUT2D eigenvalue weighted by Crippen LogP contribution is -2.37. The molecule has 1 aromatic heterocycles. The van der Waals surface area contributed by atoms with Gasteiger partial charge in [0.15, 0.2) is 0 Å². The van der Waals surface area contributed by atoms with Gasteiger partial charge < -0.3 is 14.4 Å². The standard InChI is InChI=1S/C23H27FN4O/c1-18-4-8-20(9-5-18)23(29)28(15-14-26(2)3)17-22-25-12-13-27(22)16-19-6-10-21(24)11-7-19/h4-13H,14-17H2,1-3H3. The van der Waals surface area contributed by atoms with Crippen LogP contribution >= 0.6 is 0 Å². The van der Waals surface area contributed by atoms with Gasteiger partial charge in [0, 0.05) is 37.6 Å². The van der Waals surface area contributed by atoms with Crippen molar-refractivity contribution in [3.8, 4) is 0 Å². The van der Waals surface area contributed by atoms with Gasteiger partial charge in [-0.05, 0) is 50.8 Å². The number of aromatic nitrogens is 2. The van der Waals surface area contributed by atoms with Crippen LogP contribution in [0.25, 0.3) is 0 Å². The second-order valence-corrected chi connectivity index (χ2v) is 7.49. The highest BCUT2D eigenvalue weighted by atomic mass is 19.1. The van der Waals surface area contributed by atoms with Crippen LogP contribution in [0.15, 0.2) is 60.9 Å². The quantitative estimate of drug-likeness (QED) is 0.586. The van der Waals surface area contributed by atoms with Crippen LogP contribution in [0.5, 0.6) is 0 Å². The number of carbonyl (C=O) groups excluding carboxylic acids is 1. The highest BCUT2D eigenvalue weighted by Gasteiger charge is 2.18. The number of nitrogens with zero attached hydrogens (tertiary/aromatic N) is 4. The first-order chi connectivity index (χ1) is 13.9. The molecule has 0 fully saturated rings. The van der Waals surface area contributed by atoms with E-state index in [9.17, 15) is 9.18 Å². The lowest BCUT2D eigenvalue weighted by atomic mass is 10.1. The van der Waals surface area contributed by atoms with Gasteiger partial charge in [0.05, 0.1) is 6.54 Å². The van der Waals surface area contributed by atoms with Gasteiger partial charge in [-0.15, -0.1) is 0 Å². The number of rotatable bonds is 8. The van der Waals surface area contributed by atoms with E-state index in [1.807, 2.05) is 60.9 Å². The van der Waals surface area contributed by atoms with E-state index >= 15 is 0 Å². The van der Waals surface area contributed by atoms with E-state index in [1.54, 1.807) is 18.3 Å². The molecule has 0 atom stereocenters. The summed E-state index contributed by atoms with van der Waals surface area (Å²) in [5.74, 6) is 0.537. The Labute approximate surface area is 171 Å². The zero-order valence-electron chi connectivity index (χ0n) is 17.2. The van der Waals surface area contributed by atoms with Gasteiger partial charge in [-0.1, -0.05) is 29.8 Å². The number of hydrogen-bond acceptors (Lipinski definition) is 3. The molecule has 0 aliphatic rings. The molecular formula is C23H27FN4O. The fraction of sp³-hybridized carbons (Fsp3) is 0.304. The van der Waals surface area contributed by atoms with Crippen molar-refractivity contribution >= 4 is 5.91 Å². The third-order valence-corrected chi connectivity index (χ3v) is 4.80. The fourth-order valence-electron chi connectivity index (χ4n) is 3.04. The van der Waals surface area contributed by atoms with Gasteiger partial charge in [0.1, 0.15) is 11.6 Å². The summed E-state index contributed by atoms with van der Waals surface area (Å²) in [6.07, 6.45) is 3.62. The Morgan fingerprint density at radius 3 is 2.38 bits per heavy atom. The molecule has 3 rings (SSSR count). The maximum atomic E-state index is 13.2. The van der Waals surface area contributed by atoms with Gasteiger partial charge in [-0.3, -0.25) is 4.79 Å². The molecule has 5 nitrogen and oxygen atoms in total. The number of likely N-dealkylation sites (N-methyl/N-ethyl adjacent to an activating group) is 1. The van der Waals surface area contributed by atoms with Gasteiger partial charge in [-0.2, -0.15) is 0 Å². The van der Waals surface area contributed by atoms with E-state index in [0.29, 0.717) is 25.2 Å². The zero-order valence-corrected chi connectivity index (χ0v) is 17.2. The Kier molecular flexibility index (Phi) is 6.77. The van der Waals surface area contributed by atoms with Crippen molar-refractivity contribution in [3.63, 3.8) is 0 Å². The van der Waals surface area contributed by atoms with Gasteiger partial charge in [-0.25, -0.2) is 9.37 Å². The average Bonchev–Trinajstić information content (AvgIpc) is 3.13. The molecule has 3 aromatic rings. The summed E-state index contributed by atoms with van der Waals surface area (Å²) in [6.45, 7) is 4.36. The van der Waals surface area contributed by atoms with E-state index in [1.165, 1.54) is 12.1 Å². The van der Waals surface area contributed by atoms with Crippen molar-refractivity contribution in [3.05, 3.63) is 89.3 Å². The molecular weight excluding hydrogens is 367 g/mol. The molecule has 0 bridgehead atoms. The predicted molar refractivity (Wildman–Crippen MR) is 112 cm³/mol. The number of carbonyl (C=O) groups is 1. The zero-order chi connectivity index (χ0) is 20.8. The van der Waals surface area contributed by atoms with E-state index in [-0.39, 0.29) is 11.7 Å². The molecule has 0 saturated carbocycles. The largest absolute Gasteiger partial charge is 0.330 e. The molecule has 0 aliphatic carbocycles. The molecule has 152 valence electrons. The summed E-state index contributed by atoms with van der Waals surface area (Å²) in [5, 5.41) is 0. The van der Waals surface area contributed by atoms with Gasteiger partial charge in [0.2, 0.25) is 0 Å². The third-order valence-electron chi connectivity index (χ3n) is 4.80. The van der Waals surface area contributed by atoms with Crippen LogP contribution in [0.1, 0.15) is 27.3 Å². The minimum absolute atomic E-state index is 0.0109. The SMILES string of the molecule is Cc1ccc(C(=O)N(CCN(C)C)Cc2nccn2Cc2ccc(F)cc2)cc1. The monoisotopic (exact) mass is 394 g/mol. The van der Waals surface area contributed by atoms with Crippen LogP contribution in [-0.4, -0.2) is 52.4 Å². The van der Waals surface area contributed by atoms with Crippen LogP contribution in [0.3, 0.4) is 0 Å². The highest BCUT2D eigenvalue weighted by Crippen LogP contribution is 2.13. The van der Waals surface area contributed by atoms with Gasteiger partial charge >= 0.3 is 0 Å². The Balaban J connectivity index is 1.79. The van der Waals surface area contributed by atoms with E-state index < -0.39 is 0 Å². The molecule has 0 saturated heterocycles. The van der Waals surface area contributed by atoms with Gasteiger partial charge in [0.25, 0.3) is 5.91 Å². The minimum Gasteiger partial charge on any atom is -0.330 e. The fourth-order valence-corrected chi connectivity index (χ4v) is 3.04. The molecule has 0 unspecified atom stereocenters. The Bertz CT molecular complexity index is 932. The smallest absolute Gasteiger partial charge is 0.254 e. The van der Waals surface area contributed by atoms with Crippen LogP contribution in [0, 0.1) is 12.7 Å². The molecule has 0 radical (unpaired) electrons. The maximum Gasteiger partial charge on any atom is 0.254 e. The summed E-state index contributed by atoms with van der Waals surface area (Å²) < 4.78 is 15.2. The first kappa shape index (κ1) is 20.7. The number of hydrogen-bond donors (Lipinski definition) is 0.